The molecule has 0 unspecified atom stereocenters. The molecule has 0 saturated carbocycles. The molecule has 3 nitrogen and oxygen atoms in total. The third kappa shape index (κ3) is 4.43. The lowest BCUT2D eigenvalue weighted by atomic mass is 10.1. The van der Waals surface area contributed by atoms with E-state index in [1.54, 1.807) is 12.1 Å². The van der Waals surface area contributed by atoms with Gasteiger partial charge in [0.05, 0.1) is 11.4 Å². The Hall–Kier alpha value is -3.66. The highest BCUT2D eigenvalue weighted by molar-refractivity contribution is 6.01. The monoisotopic (exact) mass is 412 g/mol. The molecule has 1 aromatic heterocycles. The van der Waals surface area contributed by atoms with Crippen molar-refractivity contribution in [1.82, 2.24) is 4.57 Å². The summed E-state index contributed by atoms with van der Waals surface area (Å²) in [4.78, 5) is 5.68. The molecule has 0 spiro atoms. The van der Waals surface area contributed by atoms with Crippen molar-refractivity contribution in [1.29, 1.82) is 0 Å². The lowest BCUT2D eigenvalue weighted by molar-refractivity contribution is 0.130. The average Bonchev–Trinajstić information content (AvgIpc) is 3.13. The maximum Gasteiger partial charge on any atom is 0.142 e. The standard InChI is InChI=1S/C27H25FN2O/c1-19-9-7-8-12-23(19)18-31-29-20(2)26-17-27(22-10-5-4-6-11-22)30(21(26)3)25-15-13-24(28)14-16-25/h4-17H,18H2,1-3H3/b29-20-. The second kappa shape index (κ2) is 9.00. The predicted molar refractivity (Wildman–Crippen MR) is 124 cm³/mol. The van der Waals surface area contributed by atoms with Crippen LogP contribution in [0.15, 0.2) is 90.1 Å². The van der Waals surface area contributed by atoms with Crippen LogP contribution in [0.25, 0.3) is 16.9 Å². The Morgan fingerprint density at radius 2 is 1.58 bits per heavy atom. The number of benzene rings is 3. The van der Waals surface area contributed by atoms with Crippen molar-refractivity contribution >= 4 is 5.71 Å². The molecule has 0 aliphatic heterocycles. The summed E-state index contributed by atoms with van der Waals surface area (Å²) in [5.41, 5.74) is 8.11. The molecule has 0 amide bonds. The molecular formula is C27H25FN2O. The van der Waals surface area contributed by atoms with Crippen molar-refractivity contribution < 1.29 is 9.23 Å². The molecule has 0 aliphatic carbocycles. The van der Waals surface area contributed by atoms with Crippen molar-refractivity contribution in [3.63, 3.8) is 0 Å². The van der Waals surface area contributed by atoms with Gasteiger partial charge >= 0.3 is 0 Å². The Bertz CT molecular complexity index is 1210. The summed E-state index contributed by atoms with van der Waals surface area (Å²) in [7, 11) is 0. The molecule has 1 heterocycles. The van der Waals surface area contributed by atoms with Gasteiger partial charge in [-0.25, -0.2) is 4.39 Å². The highest BCUT2D eigenvalue weighted by Crippen LogP contribution is 2.30. The molecule has 4 rings (SSSR count). The largest absolute Gasteiger partial charge is 0.391 e. The van der Waals surface area contributed by atoms with E-state index in [-0.39, 0.29) is 5.82 Å². The molecule has 0 atom stereocenters. The molecule has 3 aromatic carbocycles. The average molecular weight is 413 g/mol. The van der Waals surface area contributed by atoms with Crippen LogP contribution in [-0.4, -0.2) is 10.3 Å². The quantitative estimate of drug-likeness (QED) is 0.251. The highest BCUT2D eigenvalue weighted by Gasteiger charge is 2.17. The first-order chi connectivity index (χ1) is 15.0. The normalized spacial score (nSPS) is 11.5. The minimum atomic E-state index is -0.252. The summed E-state index contributed by atoms with van der Waals surface area (Å²) in [5, 5.41) is 4.39. The number of hydrogen-bond acceptors (Lipinski definition) is 2. The maximum atomic E-state index is 13.5. The van der Waals surface area contributed by atoms with Gasteiger partial charge in [-0.15, -0.1) is 0 Å². The fraction of sp³-hybridized carbons (Fsp3) is 0.148. The van der Waals surface area contributed by atoms with E-state index in [1.165, 1.54) is 17.7 Å². The number of aryl methyl sites for hydroxylation is 1. The van der Waals surface area contributed by atoms with Crippen molar-refractivity contribution in [2.24, 2.45) is 5.16 Å². The van der Waals surface area contributed by atoms with Gasteiger partial charge < -0.3 is 9.40 Å². The minimum absolute atomic E-state index is 0.252. The smallest absolute Gasteiger partial charge is 0.142 e. The number of nitrogens with zero attached hydrogens (tertiary/aromatic N) is 2. The number of oxime groups is 1. The van der Waals surface area contributed by atoms with Crippen LogP contribution in [0.4, 0.5) is 4.39 Å². The van der Waals surface area contributed by atoms with Crippen LogP contribution in [0.1, 0.15) is 29.3 Å². The Labute approximate surface area is 182 Å². The van der Waals surface area contributed by atoms with Gasteiger partial charge in [-0.2, -0.15) is 0 Å². The van der Waals surface area contributed by atoms with E-state index in [0.29, 0.717) is 6.61 Å². The van der Waals surface area contributed by atoms with Crippen LogP contribution < -0.4 is 0 Å². The Balaban J connectivity index is 1.71. The van der Waals surface area contributed by atoms with Crippen LogP contribution in [0.5, 0.6) is 0 Å². The van der Waals surface area contributed by atoms with E-state index < -0.39 is 0 Å². The molecule has 4 heteroatoms. The summed E-state index contributed by atoms with van der Waals surface area (Å²) >= 11 is 0. The van der Waals surface area contributed by atoms with E-state index in [0.717, 1.165) is 39.5 Å². The number of aromatic nitrogens is 1. The van der Waals surface area contributed by atoms with Crippen LogP contribution in [-0.2, 0) is 11.4 Å². The molecule has 4 aromatic rings. The van der Waals surface area contributed by atoms with Gasteiger partial charge in [-0.1, -0.05) is 59.8 Å². The third-order valence-corrected chi connectivity index (χ3v) is 5.47. The van der Waals surface area contributed by atoms with Gasteiger partial charge in [0, 0.05) is 16.9 Å². The zero-order chi connectivity index (χ0) is 21.8. The molecule has 0 fully saturated rings. The number of hydrogen-bond donors (Lipinski definition) is 0. The second-order valence-corrected chi connectivity index (χ2v) is 7.58. The van der Waals surface area contributed by atoms with E-state index in [1.807, 2.05) is 50.2 Å². The summed E-state index contributed by atoms with van der Waals surface area (Å²) in [5.74, 6) is -0.252. The third-order valence-electron chi connectivity index (χ3n) is 5.47. The molecule has 0 bridgehead atoms. The highest BCUT2D eigenvalue weighted by atomic mass is 19.1. The molecule has 0 aliphatic rings. The molecule has 0 N–H and O–H groups in total. The number of halogens is 1. The van der Waals surface area contributed by atoms with Crippen molar-refractivity contribution in [2.75, 3.05) is 0 Å². The summed E-state index contributed by atoms with van der Waals surface area (Å²) in [6, 6.07) is 26.9. The van der Waals surface area contributed by atoms with Gasteiger partial charge in [0.2, 0.25) is 0 Å². The van der Waals surface area contributed by atoms with E-state index >= 15 is 0 Å². The maximum absolute atomic E-state index is 13.5. The zero-order valence-corrected chi connectivity index (χ0v) is 18.0. The lowest BCUT2D eigenvalue weighted by Gasteiger charge is -2.12. The Kier molecular flexibility index (Phi) is 5.99. The zero-order valence-electron chi connectivity index (χ0n) is 18.0. The molecule has 31 heavy (non-hydrogen) atoms. The summed E-state index contributed by atoms with van der Waals surface area (Å²) in [6.07, 6.45) is 0. The van der Waals surface area contributed by atoms with Crippen LogP contribution in [0.2, 0.25) is 0 Å². The fourth-order valence-corrected chi connectivity index (χ4v) is 3.74. The SMILES string of the molecule is C/C(=N/OCc1ccccc1C)c1cc(-c2ccccc2)n(-c2ccc(F)cc2)c1C. The van der Waals surface area contributed by atoms with Gasteiger partial charge in [0.15, 0.2) is 0 Å². The van der Waals surface area contributed by atoms with E-state index in [2.05, 4.69) is 40.9 Å². The van der Waals surface area contributed by atoms with Crippen molar-refractivity contribution in [3.8, 4) is 16.9 Å². The molecular weight excluding hydrogens is 387 g/mol. The van der Waals surface area contributed by atoms with Gasteiger partial charge in [-0.3, -0.25) is 0 Å². The molecule has 0 saturated heterocycles. The van der Waals surface area contributed by atoms with Gasteiger partial charge in [0.1, 0.15) is 12.4 Å². The first kappa shape index (κ1) is 20.6. The number of rotatable bonds is 6. The second-order valence-electron chi connectivity index (χ2n) is 7.58. The van der Waals surface area contributed by atoms with Crippen molar-refractivity contribution in [2.45, 2.75) is 27.4 Å². The first-order valence-corrected chi connectivity index (χ1v) is 10.3. The minimum Gasteiger partial charge on any atom is -0.391 e. The molecule has 156 valence electrons. The van der Waals surface area contributed by atoms with Crippen LogP contribution in [0.3, 0.4) is 0 Å². The Morgan fingerprint density at radius 1 is 0.903 bits per heavy atom. The van der Waals surface area contributed by atoms with Crippen LogP contribution >= 0.6 is 0 Å². The predicted octanol–water partition coefficient (Wildman–Crippen LogP) is 6.84. The fourth-order valence-electron chi connectivity index (χ4n) is 3.74. The van der Waals surface area contributed by atoms with Crippen LogP contribution in [0, 0.1) is 19.7 Å². The van der Waals surface area contributed by atoms with Gasteiger partial charge in [-0.05, 0) is 67.8 Å². The summed E-state index contributed by atoms with van der Waals surface area (Å²) in [6.45, 7) is 6.48. The van der Waals surface area contributed by atoms with Gasteiger partial charge in [0.25, 0.3) is 0 Å². The van der Waals surface area contributed by atoms with Crippen molar-refractivity contribution in [3.05, 3.63) is 113 Å². The lowest BCUT2D eigenvalue weighted by Crippen LogP contribution is -2.03. The first-order valence-electron chi connectivity index (χ1n) is 10.3. The van der Waals surface area contributed by atoms with E-state index in [9.17, 15) is 4.39 Å². The van der Waals surface area contributed by atoms with E-state index in [4.69, 9.17) is 4.84 Å². The Morgan fingerprint density at radius 3 is 2.29 bits per heavy atom. The summed E-state index contributed by atoms with van der Waals surface area (Å²) < 4.78 is 15.7. The molecule has 0 radical (unpaired) electrons. The topological polar surface area (TPSA) is 26.5 Å².